The molecule has 6 heteroatoms. The van der Waals surface area contributed by atoms with Gasteiger partial charge in [-0.25, -0.2) is 0 Å². The molecule has 1 fully saturated rings. The quantitative estimate of drug-likeness (QED) is 0.160. The Balaban J connectivity index is 1.06. The fraction of sp³-hybridized carbons (Fsp3) is 0.422. The third-order valence-corrected chi connectivity index (χ3v) is 24.8. The fourth-order valence-corrected chi connectivity index (χ4v) is 18.6. The molecule has 2 aliphatic heterocycles. The minimum atomic E-state index is -0.0404. The summed E-state index contributed by atoms with van der Waals surface area (Å²) >= 11 is 2.07. The topological polar surface area (TPSA) is 22.9 Å². The lowest BCUT2D eigenvalue weighted by Gasteiger charge is -2.48. The lowest BCUT2D eigenvalue weighted by Crippen LogP contribution is -2.61. The highest BCUT2D eigenvalue weighted by molar-refractivity contribution is 7.33. The molecule has 1 saturated carbocycles. The van der Waals surface area contributed by atoms with E-state index in [-0.39, 0.29) is 50.0 Å². The van der Waals surface area contributed by atoms with Gasteiger partial charge in [0, 0.05) is 71.5 Å². The first-order valence-corrected chi connectivity index (χ1v) is 34.6. The van der Waals surface area contributed by atoms with E-state index in [0.29, 0.717) is 11.8 Å². The zero-order chi connectivity index (χ0) is 62.4. The first-order valence-electron chi connectivity index (χ1n) is 33.8. The molecule has 7 aromatic carbocycles. The maximum absolute atomic E-state index is 6.83. The second-order valence-corrected chi connectivity index (χ2v) is 35.6. The molecule has 7 aliphatic rings. The highest BCUT2D eigenvalue weighted by atomic mass is 32.1. The lowest BCUT2D eigenvalue weighted by atomic mass is 9.35. The Bertz CT molecular complexity index is 4520. The van der Waals surface area contributed by atoms with Gasteiger partial charge in [-0.1, -0.05) is 173 Å². The van der Waals surface area contributed by atoms with Gasteiger partial charge in [0.05, 0.1) is 11.4 Å². The van der Waals surface area contributed by atoms with Gasteiger partial charge < -0.3 is 19.1 Å². The number of thiophene rings is 1. The molecular formula is C83H92BN3OS. The zero-order valence-electron chi connectivity index (χ0n) is 56.5. The summed E-state index contributed by atoms with van der Waals surface area (Å²) in [5.41, 5.74) is 27.7. The zero-order valence-corrected chi connectivity index (χ0v) is 57.4. The van der Waals surface area contributed by atoms with Crippen molar-refractivity contribution in [2.45, 2.75) is 219 Å². The van der Waals surface area contributed by atoms with Gasteiger partial charge in [0.25, 0.3) is 6.71 Å². The van der Waals surface area contributed by atoms with Crippen LogP contribution in [0.1, 0.15) is 231 Å². The molecule has 0 radical (unpaired) electrons. The molecule has 89 heavy (non-hydrogen) atoms. The Kier molecular flexibility index (Phi) is 11.9. The van der Waals surface area contributed by atoms with Crippen molar-refractivity contribution in [2.75, 3.05) is 14.7 Å². The van der Waals surface area contributed by atoms with E-state index in [2.05, 4.69) is 284 Å². The van der Waals surface area contributed by atoms with E-state index in [1.807, 2.05) is 0 Å². The molecule has 5 aliphatic carbocycles. The number of furan rings is 1. The van der Waals surface area contributed by atoms with Crippen LogP contribution in [0.15, 0.2) is 132 Å². The normalized spacial score (nSPS) is 21.5. The predicted octanol–water partition coefficient (Wildman–Crippen LogP) is 22.0. The van der Waals surface area contributed by atoms with Crippen molar-refractivity contribution in [1.82, 2.24) is 0 Å². The highest BCUT2D eigenvalue weighted by Gasteiger charge is 2.50. The van der Waals surface area contributed by atoms with Crippen LogP contribution in [-0.4, -0.2) is 6.71 Å². The summed E-state index contributed by atoms with van der Waals surface area (Å²) < 4.78 is 9.66. The number of fused-ring (bicyclic) bond motifs is 14. The molecule has 2 aromatic heterocycles. The molecule has 9 aromatic rings. The summed E-state index contributed by atoms with van der Waals surface area (Å²) in [4.78, 5) is 8.09. The number of hydrogen-bond donors (Lipinski definition) is 0. The second kappa shape index (κ2) is 18.5. The standard InChI is InChI=1S/C83H92BN3OS/c1-76(2,3)49-20-24-51(25-21-49)85(53-29-32-70-58(40-53)56-30-19-48-39-57(48)74(56)88-70)55-42-68-72-69(43-55)87(52-26-22-50(23-27-52)77(4,5)6)73-59-44-62-65(83(17,18)38-35-80(62,11)12)47-71(59)89-75(73)84(72)66-45-63-64(82(15,16)37-36-81(63,13)14)46-67(66)86(68)54-28-31-60-61(41-54)79(9,10)34-33-78(60,7)8/h19-32,40-48,57H,33-39H2,1-18H3/t48-,57?/m1/s1. The minimum absolute atomic E-state index is 0.00233. The van der Waals surface area contributed by atoms with Gasteiger partial charge in [-0.15, -0.1) is 11.3 Å². The number of hydrogen-bond acceptors (Lipinski definition) is 5. The number of benzene rings is 7. The second-order valence-electron chi connectivity index (χ2n) is 34.6. The van der Waals surface area contributed by atoms with Crippen molar-refractivity contribution >= 4 is 112 Å². The van der Waals surface area contributed by atoms with Crippen molar-refractivity contribution < 1.29 is 4.42 Å². The van der Waals surface area contributed by atoms with Crippen LogP contribution >= 0.6 is 11.3 Å². The summed E-state index contributed by atoms with van der Waals surface area (Å²) in [6.07, 6.45) is 12.9. The van der Waals surface area contributed by atoms with Crippen LogP contribution in [0, 0.1) is 5.92 Å². The van der Waals surface area contributed by atoms with Gasteiger partial charge in [-0.05, 0) is 235 Å². The number of allylic oxidation sites excluding steroid dienone is 1. The summed E-state index contributed by atoms with van der Waals surface area (Å²) in [5, 5.41) is 2.55. The van der Waals surface area contributed by atoms with E-state index in [1.165, 1.54) is 135 Å². The van der Waals surface area contributed by atoms with Gasteiger partial charge in [0.15, 0.2) is 0 Å². The Morgan fingerprint density at radius 2 is 1.00 bits per heavy atom. The van der Waals surface area contributed by atoms with Crippen LogP contribution < -0.4 is 30.4 Å². The van der Waals surface area contributed by atoms with Gasteiger partial charge in [0.1, 0.15) is 11.3 Å². The largest absolute Gasteiger partial charge is 0.460 e. The summed E-state index contributed by atoms with van der Waals surface area (Å²) in [7, 11) is 0. The molecular weight excluding hydrogens is 1100 g/mol. The minimum Gasteiger partial charge on any atom is -0.460 e. The van der Waals surface area contributed by atoms with Crippen LogP contribution in [0.2, 0.25) is 0 Å². The Hall–Kier alpha value is -6.76. The van der Waals surface area contributed by atoms with Crippen molar-refractivity contribution in [3.8, 4) is 0 Å². The summed E-state index contributed by atoms with van der Waals surface area (Å²) in [6, 6.07) is 49.9. The predicted molar refractivity (Wildman–Crippen MR) is 383 cm³/mol. The van der Waals surface area contributed by atoms with Crippen LogP contribution in [-0.2, 0) is 43.3 Å². The Morgan fingerprint density at radius 3 is 1.61 bits per heavy atom. The smallest absolute Gasteiger partial charge is 0.264 e. The Labute approximate surface area is 535 Å². The van der Waals surface area contributed by atoms with E-state index in [1.54, 1.807) is 0 Å². The number of rotatable bonds is 5. The van der Waals surface area contributed by atoms with Crippen molar-refractivity contribution in [3.05, 3.63) is 183 Å². The molecule has 0 amide bonds. The third kappa shape index (κ3) is 8.62. The van der Waals surface area contributed by atoms with E-state index >= 15 is 0 Å². The van der Waals surface area contributed by atoms with Crippen molar-refractivity contribution in [2.24, 2.45) is 5.92 Å². The average molecular weight is 1190 g/mol. The first-order chi connectivity index (χ1) is 41.8. The molecule has 1 unspecified atom stereocenters. The van der Waals surface area contributed by atoms with Gasteiger partial charge in [0.2, 0.25) is 0 Å². The monoisotopic (exact) mass is 1190 g/mol. The SMILES string of the molecule is CC(C)(C)c1ccc(N(c2cc3c4c(c2)N(c2ccc(C(C)(C)C)cc2)c2c(sc5cc6c(cc25)C(C)(C)CCC6(C)C)B4c2cc4c(cc2N3c2ccc3c(c2)C(C)(C)CCC3(C)C)C(C)(C)CCC4(C)C)c2ccc3oc4c(c3c2)C=C[C@@H]2CC42)cc1. The number of nitrogens with zero attached hydrogens (tertiary/aromatic N) is 3. The molecule has 2 atom stereocenters. The maximum atomic E-state index is 6.83. The lowest BCUT2D eigenvalue weighted by molar-refractivity contribution is 0.332. The first kappa shape index (κ1) is 57.4. The molecule has 4 nitrogen and oxygen atoms in total. The van der Waals surface area contributed by atoms with Crippen molar-refractivity contribution in [3.63, 3.8) is 0 Å². The molecule has 0 saturated heterocycles. The molecule has 454 valence electrons. The fourth-order valence-electron chi connectivity index (χ4n) is 17.3. The molecule has 0 spiro atoms. The third-order valence-electron chi connectivity index (χ3n) is 23.6. The van der Waals surface area contributed by atoms with Gasteiger partial charge >= 0.3 is 0 Å². The summed E-state index contributed by atoms with van der Waals surface area (Å²) in [5.74, 6) is 2.24. The Morgan fingerprint density at radius 1 is 0.483 bits per heavy atom. The molecule has 0 N–H and O–H groups in total. The van der Waals surface area contributed by atoms with E-state index in [4.69, 9.17) is 4.42 Å². The average Bonchev–Trinajstić information content (AvgIpc) is 1.67. The van der Waals surface area contributed by atoms with Crippen LogP contribution in [0.3, 0.4) is 0 Å². The van der Waals surface area contributed by atoms with Crippen LogP contribution in [0.5, 0.6) is 0 Å². The highest BCUT2D eigenvalue weighted by Crippen LogP contribution is 2.59. The maximum Gasteiger partial charge on any atom is 0.264 e. The van der Waals surface area contributed by atoms with Gasteiger partial charge in [-0.3, -0.25) is 0 Å². The van der Waals surface area contributed by atoms with Crippen molar-refractivity contribution in [1.29, 1.82) is 0 Å². The summed E-state index contributed by atoms with van der Waals surface area (Å²) in [6.45, 7) is 44.0. The van der Waals surface area contributed by atoms with E-state index in [9.17, 15) is 0 Å². The van der Waals surface area contributed by atoms with Crippen LogP contribution in [0.25, 0.3) is 27.1 Å². The van der Waals surface area contributed by atoms with E-state index in [0.717, 1.165) is 54.1 Å². The molecule has 16 rings (SSSR count). The van der Waals surface area contributed by atoms with Gasteiger partial charge in [-0.2, -0.15) is 0 Å². The van der Waals surface area contributed by atoms with Crippen LogP contribution in [0.4, 0.5) is 51.2 Å². The number of anilines is 9. The molecule has 4 heterocycles. The van der Waals surface area contributed by atoms with E-state index < -0.39 is 0 Å². The molecule has 0 bridgehead atoms.